The van der Waals surface area contributed by atoms with Gasteiger partial charge in [0.15, 0.2) is 5.65 Å². The van der Waals surface area contributed by atoms with E-state index < -0.39 is 0 Å². The molecule has 4 heterocycles. The van der Waals surface area contributed by atoms with Crippen LogP contribution in [-0.2, 0) is 34.5 Å². The number of thiazole rings is 1. The molecular weight excluding hydrogens is 494 g/mol. The zero-order valence-corrected chi connectivity index (χ0v) is 22.1. The molecule has 0 atom stereocenters. The van der Waals surface area contributed by atoms with E-state index in [1.54, 1.807) is 13.3 Å². The van der Waals surface area contributed by atoms with Crippen LogP contribution in [-0.4, -0.2) is 70.7 Å². The third kappa shape index (κ3) is 5.25. The number of carbonyl (C=O) groups is 1. The van der Waals surface area contributed by atoms with E-state index in [9.17, 15) is 9.59 Å². The molecule has 4 aromatic rings. The summed E-state index contributed by atoms with van der Waals surface area (Å²) in [5.41, 5.74) is 2.15. The molecule has 0 unspecified atom stereocenters. The summed E-state index contributed by atoms with van der Waals surface area (Å²) in [7, 11) is 4.93. The number of ether oxygens (including phenoxy) is 3. The maximum Gasteiger partial charge on any atom is 0.308 e. The van der Waals surface area contributed by atoms with Crippen molar-refractivity contribution in [3.8, 4) is 5.75 Å². The van der Waals surface area contributed by atoms with Crippen LogP contribution in [0.3, 0.4) is 0 Å². The molecule has 0 aliphatic carbocycles. The molecule has 1 aliphatic rings. The van der Waals surface area contributed by atoms with Gasteiger partial charge < -0.3 is 23.7 Å². The van der Waals surface area contributed by atoms with Crippen molar-refractivity contribution >= 4 is 38.6 Å². The van der Waals surface area contributed by atoms with Crippen molar-refractivity contribution in [3.05, 3.63) is 51.4 Å². The summed E-state index contributed by atoms with van der Waals surface area (Å²) in [5.74, 6) is 0.651. The molecule has 0 saturated carbocycles. The molecule has 3 aromatic heterocycles. The number of likely N-dealkylation sites (tertiary alicyclic amines) is 1. The van der Waals surface area contributed by atoms with Crippen LogP contribution < -0.4 is 10.3 Å². The van der Waals surface area contributed by atoms with E-state index in [4.69, 9.17) is 19.2 Å². The van der Waals surface area contributed by atoms with Gasteiger partial charge in [0.05, 0.1) is 50.8 Å². The van der Waals surface area contributed by atoms with Crippen LogP contribution in [0.15, 0.2) is 35.3 Å². The fourth-order valence-corrected chi connectivity index (χ4v) is 5.91. The first kappa shape index (κ1) is 25.4. The van der Waals surface area contributed by atoms with Crippen molar-refractivity contribution in [2.75, 3.05) is 40.5 Å². The van der Waals surface area contributed by atoms with Crippen molar-refractivity contribution in [1.29, 1.82) is 0 Å². The van der Waals surface area contributed by atoms with Crippen molar-refractivity contribution in [3.63, 3.8) is 0 Å². The minimum atomic E-state index is -0.151. The summed E-state index contributed by atoms with van der Waals surface area (Å²) in [5, 5.41) is 6.12. The van der Waals surface area contributed by atoms with Crippen molar-refractivity contribution in [1.82, 2.24) is 24.2 Å². The number of esters is 1. The Hall–Kier alpha value is -3.28. The number of aromatic nitrogens is 4. The van der Waals surface area contributed by atoms with Crippen LogP contribution in [0.5, 0.6) is 5.75 Å². The molecule has 11 heteroatoms. The van der Waals surface area contributed by atoms with Gasteiger partial charge in [-0.25, -0.2) is 9.67 Å². The van der Waals surface area contributed by atoms with Gasteiger partial charge in [0.2, 0.25) is 0 Å². The molecule has 0 spiro atoms. The third-order valence-electron chi connectivity index (χ3n) is 6.94. The Morgan fingerprint density at radius 2 is 2.03 bits per heavy atom. The Bertz CT molecular complexity index is 1470. The molecule has 0 bridgehead atoms. The molecule has 37 heavy (non-hydrogen) atoms. The lowest BCUT2D eigenvalue weighted by atomic mass is 9.97. The lowest BCUT2D eigenvalue weighted by Crippen LogP contribution is -2.38. The monoisotopic (exact) mass is 525 g/mol. The predicted molar refractivity (Wildman–Crippen MR) is 141 cm³/mol. The summed E-state index contributed by atoms with van der Waals surface area (Å²) in [6.45, 7) is 3.93. The standard InChI is InChI=1S/C26H31N5O5S/c1-29-22-20(14-27-31(25(22)32)15-17-5-4-6-19(13-17)34-2)23-24(29)28-21(37-23)16-36-12-11-30-9-7-18(8-10-30)26(33)35-3/h4-6,13-14,18H,7-12,15-16H2,1-3H3. The van der Waals surface area contributed by atoms with E-state index in [0.29, 0.717) is 25.3 Å². The first-order valence-corrected chi connectivity index (χ1v) is 13.1. The number of fused-ring (bicyclic) bond motifs is 3. The molecule has 1 saturated heterocycles. The number of methoxy groups -OCH3 is 2. The number of hydrogen-bond donors (Lipinski definition) is 0. The minimum absolute atomic E-state index is 0.0141. The quantitative estimate of drug-likeness (QED) is 0.243. The topological polar surface area (TPSA) is 101 Å². The number of hydrogen-bond acceptors (Lipinski definition) is 9. The number of rotatable bonds is 9. The second-order valence-electron chi connectivity index (χ2n) is 9.23. The molecule has 1 aliphatic heterocycles. The number of aryl methyl sites for hydroxylation is 1. The number of nitrogens with zero attached hydrogens (tertiary/aromatic N) is 5. The molecule has 1 aromatic carbocycles. The molecule has 5 rings (SSSR count). The van der Waals surface area contributed by atoms with Crippen molar-refractivity contribution in [2.24, 2.45) is 13.0 Å². The van der Waals surface area contributed by atoms with Gasteiger partial charge >= 0.3 is 5.97 Å². The van der Waals surface area contributed by atoms with E-state index in [-0.39, 0.29) is 17.4 Å². The highest BCUT2D eigenvalue weighted by atomic mass is 32.1. The highest BCUT2D eigenvalue weighted by Gasteiger charge is 2.25. The first-order chi connectivity index (χ1) is 18.0. The Kier molecular flexibility index (Phi) is 7.54. The van der Waals surface area contributed by atoms with Crippen LogP contribution in [0, 0.1) is 5.92 Å². The van der Waals surface area contributed by atoms with Crippen molar-refractivity contribution in [2.45, 2.75) is 26.0 Å². The van der Waals surface area contributed by atoms with Crippen LogP contribution in [0.4, 0.5) is 0 Å². The number of piperidine rings is 1. The van der Waals surface area contributed by atoms with Gasteiger partial charge in [-0.15, -0.1) is 11.3 Å². The average molecular weight is 526 g/mol. The Labute approximate surface area is 218 Å². The highest BCUT2D eigenvalue weighted by molar-refractivity contribution is 7.19. The second kappa shape index (κ2) is 11.0. The predicted octanol–water partition coefficient (Wildman–Crippen LogP) is 2.80. The van der Waals surface area contributed by atoms with E-state index in [1.165, 1.54) is 23.1 Å². The van der Waals surface area contributed by atoms with Crippen LogP contribution in [0.1, 0.15) is 23.4 Å². The summed E-state index contributed by atoms with van der Waals surface area (Å²) >= 11 is 1.54. The van der Waals surface area contributed by atoms with Crippen LogP contribution in [0.25, 0.3) is 21.3 Å². The van der Waals surface area contributed by atoms with Gasteiger partial charge in [0.25, 0.3) is 5.56 Å². The first-order valence-electron chi connectivity index (χ1n) is 12.3. The van der Waals surface area contributed by atoms with Crippen LogP contribution >= 0.6 is 11.3 Å². The van der Waals surface area contributed by atoms with Gasteiger partial charge in [0.1, 0.15) is 16.3 Å². The summed E-state index contributed by atoms with van der Waals surface area (Å²) in [6, 6.07) is 7.62. The van der Waals surface area contributed by atoms with E-state index >= 15 is 0 Å². The third-order valence-corrected chi connectivity index (χ3v) is 7.99. The molecule has 1 fully saturated rings. The van der Waals surface area contributed by atoms with E-state index in [0.717, 1.165) is 64.5 Å². The highest BCUT2D eigenvalue weighted by Crippen LogP contribution is 2.31. The fraction of sp³-hybridized carbons (Fsp3) is 0.462. The molecule has 0 amide bonds. The minimum Gasteiger partial charge on any atom is -0.497 e. The fourth-order valence-electron chi connectivity index (χ4n) is 4.86. The Balaban J connectivity index is 1.22. The zero-order chi connectivity index (χ0) is 25.9. The largest absolute Gasteiger partial charge is 0.497 e. The molecule has 196 valence electrons. The zero-order valence-electron chi connectivity index (χ0n) is 21.3. The number of carbonyl (C=O) groups excluding carboxylic acids is 1. The number of benzene rings is 1. The summed E-state index contributed by atoms with van der Waals surface area (Å²) in [6.07, 6.45) is 3.40. The smallest absolute Gasteiger partial charge is 0.308 e. The summed E-state index contributed by atoms with van der Waals surface area (Å²) in [4.78, 5) is 32.0. The second-order valence-corrected chi connectivity index (χ2v) is 10.3. The lowest BCUT2D eigenvalue weighted by molar-refractivity contribution is -0.147. The van der Waals surface area contributed by atoms with Gasteiger partial charge in [-0.1, -0.05) is 12.1 Å². The molecular formula is C26H31N5O5S. The van der Waals surface area contributed by atoms with Crippen molar-refractivity contribution < 1.29 is 19.0 Å². The van der Waals surface area contributed by atoms with Gasteiger partial charge in [-0.05, 0) is 43.6 Å². The molecule has 10 nitrogen and oxygen atoms in total. The van der Waals surface area contributed by atoms with Gasteiger partial charge in [-0.3, -0.25) is 9.59 Å². The maximum atomic E-state index is 13.3. The molecule has 0 N–H and O–H groups in total. The Morgan fingerprint density at radius 3 is 2.78 bits per heavy atom. The maximum absolute atomic E-state index is 13.3. The van der Waals surface area contributed by atoms with Gasteiger partial charge in [-0.2, -0.15) is 5.10 Å². The Morgan fingerprint density at radius 1 is 1.22 bits per heavy atom. The van der Waals surface area contributed by atoms with Gasteiger partial charge in [0, 0.05) is 19.0 Å². The molecule has 0 radical (unpaired) electrons. The SMILES string of the molecule is COC(=O)C1CCN(CCOCc2nc3c(s2)c2cnn(Cc4cccc(OC)c4)c(=O)c2n3C)CC1. The van der Waals surface area contributed by atoms with E-state index in [1.807, 2.05) is 35.9 Å². The summed E-state index contributed by atoms with van der Waals surface area (Å²) < 4.78 is 20.3. The normalized spacial score (nSPS) is 15.0. The average Bonchev–Trinajstić information content (AvgIpc) is 3.46. The van der Waals surface area contributed by atoms with E-state index in [2.05, 4.69) is 10.00 Å². The van der Waals surface area contributed by atoms with Crippen LogP contribution in [0.2, 0.25) is 0 Å². The lowest BCUT2D eigenvalue weighted by Gasteiger charge is -2.30.